The molecule has 8 nitrogen and oxygen atoms in total. The molecular weight excluding hydrogens is 308 g/mol. The SMILES string of the molecule is CN1CCN(NS(=O)(=O)c2ccc3c(c2)oc(=O)n3C)CC1. The fraction of sp³-hybridized carbons (Fsp3) is 0.462. The smallest absolute Gasteiger partial charge is 0.408 e. The number of benzene rings is 1. The highest BCUT2D eigenvalue weighted by atomic mass is 32.2. The van der Waals surface area contributed by atoms with Crippen LogP contribution in [-0.4, -0.2) is 56.1 Å². The molecule has 0 spiro atoms. The first-order chi connectivity index (χ1) is 10.4. The zero-order valence-electron chi connectivity index (χ0n) is 12.4. The minimum absolute atomic E-state index is 0.0771. The third kappa shape index (κ3) is 2.80. The summed E-state index contributed by atoms with van der Waals surface area (Å²) in [6, 6.07) is 4.41. The average Bonchev–Trinajstić information content (AvgIpc) is 2.76. The molecule has 9 heteroatoms. The maximum atomic E-state index is 12.4. The molecule has 1 aromatic carbocycles. The molecule has 0 atom stereocenters. The van der Waals surface area contributed by atoms with Gasteiger partial charge in [0.05, 0.1) is 10.4 Å². The molecule has 1 aliphatic rings. The van der Waals surface area contributed by atoms with Crippen molar-refractivity contribution in [1.29, 1.82) is 0 Å². The van der Waals surface area contributed by atoms with Crippen LogP contribution in [0.15, 0.2) is 32.3 Å². The topological polar surface area (TPSA) is 87.8 Å². The van der Waals surface area contributed by atoms with Gasteiger partial charge in [-0.05, 0) is 19.2 Å². The van der Waals surface area contributed by atoms with Crippen LogP contribution in [0.2, 0.25) is 0 Å². The van der Waals surface area contributed by atoms with E-state index in [0.717, 1.165) is 13.1 Å². The highest BCUT2D eigenvalue weighted by Gasteiger charge is 2.22. The molecule has 0 aliphatic carbocycles. The summed E-state index contributed by atoms with van der Waals surface area (Å²) >= 11 is 0. The molecule has 0 amide bonds. The first-order valence-electron chi connectivity index (χ1n) is 6.92. The lowest BCUT2D eigenvalue weighted by Crippen LogP contribution is -2.52. The van der Waals surface area contributed by atoms with Crippen LogP contribution < -0.4 is 10.6 Å². The standard InChI is InChI=1S/C13H18N4O4S/c1-15-5-7-17(8-6-15)14-22(19,20)10-3-4-11-12(9-10)21-13(18)16(11)2/h3-4,9,14H,5-8H2,1-2H3. The lowest BCUT2D eigenvalue weighted by atomic mass is 10.3. The predicted octanol–water partition coefficient (Wildman–Crippen LogP) is -0.428. The number of hydrogen-bond acceptors (Lipinski definition) is 6. The molecule has 120 valence electrons. The fourth-order valence-corrected chi connectivity index (χ4v) is 3.54. The maximum Gasteiger partial charge on any atom is 0.419 e. The molecule has 2 heterocycles. The minimum Gasteiger partial charge on any atom is -0.408 e. The van der Waals surface area contributed by atoms with Gasteiger partial charge in [-0.25, -0.2) is 18.2 Å². The second kappa shape index (κ2) is 5.51. The van der Waals surface area contributed by atoms with Crippen molar-refractivity contribution in [2.75, 3.05) is 33.2 Å². The van der Waals surface area contributed by atoms with Gasteiger partial charge in [0.25, 0.3) is 10.0 Å². The molecular formula is C13H18N4O4S. The van der Waals surface area contributed by atoms with Gasteiger partial charge in [0.1, 0.15) is 0 Å². The van der Waals surface area contributed by atoms with E-state index in [4.69, 9.17) is 4.42 Å². The lowest BCUT2D eigenvalue weighted by Gasteiger charge is -2.32. The van der Waals surface area contributed by atoms with Crippen LogP contribution in [0.5, 0.6) is 0 Å². The Morgan fingerprint density at radius 3 is 2.50 bits per heavy atom. The zero-order valence-corrected chi connectivity index (χ0v) is 13.3. The van der Waals surface area contributed by atoms with Gasteiger partial charge in [-0.1, -0.05) is 0 Å². The van der Waals surface area contributed by atoms with E-state index < -0.39 is 15.8 Å². The largest absolute Gasteiger partial charge is 0.419 e. The van der Waals surface area contributed by atoms with Crippen LogP contribution in [-0.2, 0) is 17.1 Å². The van der Waals surface area contributed by atoms with E-state index in [1.165, 1.54) is 16.7 Å². The van der Waals surface area contributed by atoms with Crippen LogP contribution in [0.1, 0.15) is 0 Å². The number of aryl methyl sites for hydroxylation is 1. The van der Waals surface area contributed by atoms with Crippen LogP contribution in [0, 0.1) is 0 Å². The van der Waals surface area contributed by atoms with Gasteiger partial charge in [0.2, 0.25) is 0 Å². The molecule has 0 radical (unpaired) electrons. The van der Waals surface area contributed by atoms with Gasteiger partial charge in [0.15, 0.2) is 5.58 Å². The molecule has 1 N–H and O–H groups in total. The highest BCUT2D eigenvalue weighted by molar-refractivity contribution is 7.89. The number of likely N-dealkylation sites (N-methyl/N-ethyl adjacent to an activating group) is 1. The molecule has 22 heavy (non-hydrogen) atoms. The Morgan fingerprint density at radius 2 is 1.82 bits per heavy atom. The van der Waals surface area contributed by atoms with Crippen LogP contribution in [0.4, 0.5) is 0 Å². The van der Waals surface area contributed by atoms with Gasteiger partial charge >= 0.3 is 5.76 Å². The number of hydrogen-bond donors (Lipinski definition) is 1. The number of fused-ring (bicyclic) bond motifs is 1. The van der Waals surface area contributed by atoms with Crippen molar-refractivity contribution in [2.24, 2.45) is 7.05 Å². The number of aromatic nitrogens is 1. The number of rotatable bonds is 3. The number of hydrazine groups is 1. The summed E-state index contributed by atoms with van der Waals surface area (Å²) in [5, 5.41) is 1.68. The summed E-state index contributed by atoms with van der Waals surface area (Å²) in [7, 11) is -0.115. The Labute approximate surface area is 127 Å². The first kappa shape index (κ1) is 15.2. The van der Waals surface area contributed by atoms with E-state index in [9.17, 15) is 13.2 Å². The summed E-state index contributed by atoms with van der Waals surface area (Å²) in [6.45, 7) is 2.85. The van der Waals surface area contributed by atoms with Crippen molar-refractivity contribution < 1.29 is 12.8 Å². The van der Waals surface area contributed by atoms with Crippen LogP contribution in [0.25, 0.3) is 11.1 Å². The fourth-order valence-electron chi connectivity index (χ4n) is 2.40. The summed E-state index contributed by atoms with van der Waals surface area (Å²) in [5.41, 5.74) is 0.817. The second-order valence-corrected chi connectivity index (χ2v) is 7.10. The predicted molar refractivity (Wildman–Crippen MR) is 80.8 cm³/mol. The van der Waals surface area contributed by atoms with Gasteiger partial charge in [-0.3, -0.25) is 4.57 Å². The molecule has 1 fully saturated rings. The Morgan fingerprint density at radius 1 is 1.14 bits per heavy atom. The third-order valence-electron chi connectivity index (χ3n) is 3.83. The van der Waals surface area contributed by atoms with Crippen LogP contribution >= 0.6 is 0 Å². The monoisotopic (exact) mass is 326 g/mol. The van der Waals surface area contributed by atoms with Crippen molar-refractivity contribution in [3.63, 3.8) is 0 Å². The van der Waals surface area contributed by atoms with E-state index in [1.807, 2.05) is 7.05 Å². The van der Waals surface area contributed by atoms with Crippen molar-refractivity contribution in [3.05, 3.63) is 28.7 Å². The van der Waals surface area contributed by atoms with Crippen molar-refractivity contribution in [1.82, 2.24) is 19.3 Å². The summed E-state index contributed by atoms with van der Waals surface area (Å²) in [4.78, 5) is 16.2. The zero-order chi connectivity index (χ0) is 15.9. The number of nitrogens with one attached hydrogen (secondary N) is 1. The van der Waals surface area contributed by atoms with E-state index >= 15 is 0 Å². The Hall–Kier alpha value is -1.68. The molecule has 3 rings (SSSR count). The third-order valence-corrected chi connectivity index (χ3v) is 5.20. The van der Waals surface area contributed by atoms with Crippen molar-refractivity contribution >= 4 is 21.1 Å². The second-order valence-electron chi connectivity index (χ2n) is 5.44. The Balaban J connectivity index is 1.87. The Kier molecular flexibility index (Phi) is 3.81. The molecule has 0 saturated carbocycles. The molecule has 1 saturated heterocycles. The van der Waals surface area contributed by atoms with Gasteiger partial charge in [0, 0.05) is 39.3 Å². The summed E-state index contributed by atoms with van der Waals surface area (Å²) in [5.74, 6) is -0.517. The van der Waals surface area contributed by atoms with Gasteiger partial charge in [-0.15, -0.1) is 4.83 Å². The van der Waals surface area contributed by atoms with Crippen molar-refractivity contribution in [2.45, 2.75) is 4.90 Å². The van der Waals surface area contributed by atoms with Crippen LogP contribution in [0.3, 0.4) is 0 Å². The van der Waals surface area contributed by atoms with E-state index in [0.29, 0.717) is 18.6 Å². The minimum atomic E-state index is -3.69. The maximum absolute atomic E-state index is 12.4. The number of oxazole rings is 1. The van der Waals surface area contributed by atoms with E-state index in [2.05, 4.69) is 9.73 Å². The van der Waals surface area contributed by atoms with E-state index in [1.54, 1.807) is 18.1 Å². The van der Waals surface area contributed by atoms with Gasteiger partial charge in [-0.2, -0.15) is 0 Å². The first-order valence-corrected chi connectivity index (χ1v) is 8.41. The quantitative estimate of drug-likeness (QED) is 0.824. The molecule has 2 aromatic rings. The average molecular weight is 326 g/mol. The van der Waals surface area contributed by atoms with Crippen molar-refractivity contribution in [3.8, 4) is 0 Å². The molecule has 0 bridgehead atoms. The molecule has 1 aliphatic heterocycles. The van der Waals surface area contributed by atoms with E-state index in [-0.39, 0.29) is 10.5 Å². The Bertz CT molecular complexity index is 847. The molecule has 0 unspecified atom stereocenters. The lowest BCUT2D eigenvalue weighted by molar-refractivity contribution is 0.135. The van der Waals surface area contributed by atoms with Gasteiger partial charge < -0.3 is 9.32 Å². The molecule has 1 aromatic heterocycles. The number of nitrogens with zero attached hydrogens (tertiary/aromatic N) is 3. The number of sulfonamides is 1. The summed E-state index contributed by atoms with van der Waals surface area (Å²) in [6.07, 6.45) is 0. The highest BCUT2D eigenvalue weighted by Crippen LogP contribution is 2.18. The normalized spacial score (nSPS) is 18.1. The number of piperazine rings is 1. The summed E-state index contributed by atoms with van der Waals surface area (Å²) < 4.78 is 31.2.